The number of aryl methyl sites for hydroxylation is 1. The normalized spacial score (nSPS) is 10.4. The van der Waals surface area contributed by atoms with Crippen molar-refractivity contribution in [2.24, 2.45) is 0 Å². The van der Waals surface area contributed by atoms with E-state index in [4.69, 9.17) is 4.42 Å². The minimum Gasteiger partial charge on any atom is -0.452 e. The second-order valence-corrected chi connectivity index (χ2v) is 3.08. The molecule has 2 rings (SSSR count). The molecule has 1 aromatic heterocycles. The Balaban J connectivity index is 2.90. The zero-order chi connectivity index (χ0) is 10.1. The lowest BCUT2D eigenvalue weighted by Crippen LogP contribution is -2.01. The van der Waals surface area contributed by atoms with Gasteiger partial charge in [0.1, 0.15) is 5.58 Å². The molecule has 1 heterocycles. The zero-order valence-electron chi connectivity index (χ0n) is 7.53. The summed E-state index contributed by atoms with van der Waals surface area (Å²) in [6.45, 7) is 1.89. The van der Waals surface area contributed by atoms with Crippen molar-refractivity contribution in [1.29, 1.82) is 0 Å². The summed E-state index contributed by atoms with van der Waals surface area (Å²) in [6.07, 6.45) is 1.56. The third kappa shape index (κ3) is 1.33. The third-order valence-corrected chi connectivity index (χ3v) is 1.98. The van der Waals surface area contributed by atoms with Crippen molar-refractivity contribution < 1.29 is 9.21 Å². The Bertz CT molecular complexity index is 552. The first-order valence-electron chi connectivity index (χ1n) is 4.13. The molecule has 0 atom stereocenters. The first kappa shape index (κ1) is 8.69. The van der Waals surface area contributed by atoms with Crippen LogP contribution >= 0.6 is 0 Å². The average Bonchev–Trinajstić information content (AvgIpc) is 2.19. The van der Waals surface area contributed by atoms with Gasteiger partial charge in [-0.2, -0.15) is 0 Å². The molecule has 0 aliphatic rings. The highest BCUT2D eigenvalue weighted by atomic mass is 16.3. The van der Waals surface area contributed by atoms with E-state index in [0.717, 1.165) is 11.6 Å². The average molecular weight is 187 g/mol. The van der Waals surface area contributed by atoms with Crippen LogP contribution in [-0.4, -0.2) is 6.29 Å². The summed E-state index contributed by atoms with van der Waals surface area (Å²) >= 11 is 0. The van der Waals surface area contributed by atoms with Crippen LogP contribution in [0.3, 0.4) is 0 Å². The van der Waals surface area contributed by atoms with E-state index in [1.54, 1.807) is 18.4 Å². The Morgan fingerprint density at radius 1 is 1.29 bits per heavy atom. The quantitative estimate of drug-likeness (QED) is 0.680. The highest BCUT2D eigenvalue weighted by Gasteiger charge is 2.03. The van der Waals surface area contributed by atoms with Crippen molar-refractivity contribution in [3.8, 4) is 0 Å². The summed E-state index contributed by atoms with van der Waals surface area (Å²) in [7, 11) is 0. The van der Waals surface area contributed by atoms with E-state index in [9.17, 15) is 9.59 Å². The van der Waals surface area contributed by atoms with E-state index < -0.39 is 0 Å². The van der Waals surface area contributed by atoms with Gasteiger partial charge in [-0.25, -0.2) is 0 Å². The predicted octanol–water partition coefficient (Wildman–Crippen LogP) is 1.56. The van der Waals surface area contributed by atoms with E-state index >= 15 is 0 Å². The molecule has 0 spiro atoms. The highest BCUT2D eigenvalue weighted by molar-refractivity contribution is 5.81. The molecule has 3 heteroatoms. The lowest BCUT2D eigenvalue weighted by Gasteiger charge is -1.97. The van der Waals surface area contributed by atoms with E-state index in [1.807, 2.05) is 13.0 Å². The highest BCUT2D eigenvalue weighted by Crippen LogP contribution is 2.12. The molecule has 0 unspecified atom stereocenters. The maximum absolute atomic E-state index is 11.5. The second-order valence-electron chi connectivity index (χ2n) is 3.08. The SMILES string of the molecule is Cc1ccc2oc([C]=O)cc(=O)c2c1. The minimum absolute atomic E-state index is 0.0636. The Morgan fingerprint density at radius 2 is 2.07 bits per heavy atom. The van der Waals surface area contributed by atoms with Crippen LogP contribution in [0.1, 0.15) is 11.3 Å². The Labute approximate surface area is 80.0 Å². The van der Waals surface area contributed by atoms with Gasteiger partial charge < -0.3 is 4.42 Å². The van der Waals surface area contributed by atoms with Crippen LogP contribution in [-0.2, 0) is 4.79 Å². The van der Waals surface area contributed by atoms with Crippen LogP contribution in [0.25, 0.3) is 11.0 Å². The number of hydrogen-bond donors (Lipinski definition) is 0. The molecule has 1 aromatic carbocycles. The Hall–Kier alpha value is -1.90. The maximum Gasteiger partial charge on any atom is 0.272 e. The fourth-order valence-corrected chi connectivity index (χ4v) is 1.32. The van der Waals surface area contributed by atoms with Gasteiger partial charge in [0.15, 0.2) is 11.2 Å². The van der Waals surface area contributed by atoms with Gasteiger partial charge in [-0.05, 0) is 19.1 Å². The van der Waals surface area contributed by atoms with Crippen molar-refractivity contribution in [3.63, 3.8) is 0 Å². The van der Waals surface area contributed by atoms with E-state index in [-0.39, 0.29) is 11.2 Å². The fourth-order valence-electron chi connectivity index (χ4n) is 1.32. The summed E-state index contributed by atoms with van der Waals surface area (Å²) in [6, 6.07) is 6.37. The molecule has 0 saturated heterocycles. The van der Waals surface area contributed by atoms with Crippen molar-refractivity contribution in [2.45, 2.75) is 6.92 Å². The summed E-state index contributed by atoms with van der Waals surface area (Å²) < 4.78 is 5.12. The van der Waals surface area contributed by atoms with Gasteiger partial charge in [-0.3, -0.25) is 9.59 Å². The first-order valence-corrected chi connectivity index (χ1v) is 4.13. The molecule has 0 bridgehead atoms. The lowest BCUT2D eigenvalue weighted by molar-refractivity contribution is 0.530. The van der Waals surface area contributed by atoms with Crippen molar-refractivity contribution in [1.82, 2.24) is 0 Å². The fraction of sp³-hybridized carbons (Fsp3) is 0.0909. The molecule has 0 aliphatic heterocycles. The van der Waals surface area contributed by atoms with Crippen LogP contribution in [0.15, 0.2) is 33.5 Å². The summed E-state index contributed by atoms with van der Waals surface area (Å²) in [5, 5.41) is 0.490. The summed E-state index contributed by atoms with van der Waals surface area (Å²) in [4.78, 5) is 21.8. The van der Waals surface area contributed by atoms with Crippen molar-refractivity contribution in [2.75, 3.05) is 0 Å². The molecule has 0 N–H and O–H groups in total. The molecule has 0 fully saturated rings. The van der Waals surface area contributed by atoms with Crippen LogP contribution in [0.2, 0.25) is 0 Å². The molecule has 1 radical (unpaired) electrons. The number of hydrogen-bond acceptors (Lipinski definition) is 3. The molecule has 69 valence electrons. The molecule has 3 nitrogen and oxygen atoms in total. The zero-order valence-corrected chi connectivity index (χ0v) is 7.53. The summed E-state index contributed by atoms with van der Waals surface area (Å²) in [5.74, 6) is -0.0636. The van der Waals surface area contributed by atoms with Gasteiger partial charge in [0.25, 0.3) is 6.29 Å². The number of benzene rings is 1. The molecule has 2 aromatic rings. The first-order chi connectivity index (χ1) is 6.70. The minimum atomic E-state index is -0.215. The monoisotopic (exact) mass is 187 g/mol. The van der Waals surface area contributed by atoms with Crippen LogP contribution < -0.4 is 5.43 Å². The standard InChI is InChI=1S/C11H7O3/c1-7-2-3-11-9(4-7)10(13)5-8(6-12)14-11/h2-5H,1H3. The van der Waals surface area contributed by atoms with Crippen LogP contribution in [0, 0.1) is 6.92 Å². The Kier molecular flexibility index (Phi) is 1.93. The van der Waals surface area contributed by atoms with Gasteiger partial charge in [0.2, 0.25) is 0 Å². The molecule has 0 aliphatic carbocycles. The smallest absolute Gasteiger partial charge is 0.272 e. The van der Waals surface area contributed by atoms with Gasteiger partial charge in [-0.1, -0.05) is 11.6 Å². The van der Waals surface area contributed by atoms with Crippen LogP contribution in [0.5, 0.6) is 0 Å². The maximum atomic E-state index is 11.5. The van der Waals surface area contributed by atoms with Crippen LogP contribution in [0.4, 0.5) is 0 Å². The van der Waals surface area contributed by atoms with Gasteiger partial charge in [0.05, 0.1) is 5.39 Å². The number of fused-ring (bicyclic) bond motifs is 1. The van der Waals surface area contributed by atoms with Gasteiger partial charge >= 0.3 is 0 Å². The van der Waals surface area contributed by atoms with E-state index in [1.165, 1.54) is 0 Å². The number of rotatable bonds is 1. The van der Waals surface area contributed by atoms with Gasteiger partial charge in [0, 0.05) is 6.07 Å². The molecular weight excluding hydrogens is 180 g/mol. The predicted molar refractivity (Wildman–Crippen MR) is 52.0 cm³/mol. The van der Waals surface area contributed by atoms with E-state index in [2.05, 4.69) is 0 Å². The van der Waals surface area contributed by atoms with Crippen molar-refractivity contribution in [3.05, 3.63) is 45.8 Å². The molecule has 0 saturated carbocycles. The topological polar surface area (TPSA) is 47.3 Å². The van der Waals surface area contributed by atoms with Crippen molar-refractivity contribution >= 4 is 17.3 Å². The second kappa shape index (κ2) is 3.10. The lowest BCUT2D eigenvalue weighted by atomic mass is 10.1. The largest absolute Gasteiger partial charge is 0.452 e. The van der Waals surface area contributed by atoms with E-state index in [0.29, 0.717) is 11.0 Å². The molecule has 0 amide bonds. The summed E-state index contributed by atoms with van der Waals surface area (Å²) in [5.41, 5.74) is 1.18. The molecule has 14 heavy (non-hydrogen) atoms. The Morgan fingerprint density at radius 3 is 2.79 bits per heavy atom. The third-order valence-electron chi connectivity index (χ3n) is 1.98. The molecular formula is C11H7O3. The number of carbonyl (C=O) groups excluding carboxylic acids is 1. The van der Waals surface area contributed by atoms with Gasteiger partial charge in [-0.15, -0.1) is 0 Å².